The number of H-pyrrole nitrogens is 1. The number of benzene rings is 4. The highest BCUT2D eigenvalue weighted by Crippen LogP contribution is 2.43. The van der Waals surface area contributed by atoms with Crippen LogP contribution < -0.4 is 21.8 Å². The number of halogens is 2. The third-order valence-corrected chi connectivity index (χ3v) is 12.5. The van der Waals surface area contributed by atoms with Gasteiger partial charge in [0.1, 0.15) is 18.0 Å². The largest absolute Gasteiger partial charge is 0.519 e. The van der Waals surface area contributed by atoms with E-state index >= 15 is 0 Å². The number of ether oxygens (including phenoxy) is 4. The lowest BCUT2D eigenvalue weighted by atomic mass is 9.81. The van der Waals surface area contributed by atoms with Crippen LogP contribution in [0.1, 0.15) is 105 Å². The van der Waals surface area contributed by atoms with Crippen molar-refractivity contribution in [3.8, 4) is 22.4 Å². The Hall–Kier alpha value is -7.77. The maximum atomic E-state index is 13.5. The summed E-state index contributed by atoms with van der Waals surface area (Å²) < 4.78 is 45.0. The van der Waals surface area contributed by atoms with Crippen molar-refractivity contribution >= 4 is 41.1 Å². The fourth-order valence-electron chi connectivity index (χ4n) is 8.61. The molecule has 0 fully saturated rings. The van der Waals surface area contributed by atoms with Gasteiger partial charge in [-0.2, -0.15) is 0 Å². The zero-order valence-electron chi connectivity index (χ0n) is 43.7. The summed E-state index contributed by atoms with van der Waals surface area (Å²) in [4.78, 5) is 67.0. The molecule has 0 saturated heterocycles. The lowest BCUT2D eigenvalue weighted by Gasteiger charge is -2.31. The van der Waals surface area contributed by atoms with Crippen LogP contribution in [-0.4, -0.2) is 78.1 Å². The van der Waals surface area contributed by atoms with Crippen LogP contribution in [0.4, 0.5) is 10.1 Å². The maximum absolute atomic E-state index is 13.5. The summed E-state index contributed by atoms with van der Waals surface area (Å²) in [5, 5.41) is 29.2. The molecule has 7 rings (SSSR count). The van der Waals surface area contributed by atoms with Gasteiger partial charge >= 0.3 is 23.7 Å². The van der Waals surface area contributed by atoms with Crippen LogP contribution in [0.25, 0.3) is 22.4 Å². The number of allylic oxidation sites excluding steroid dienone is 1. The number of aromatic amines is 1. The van der Waals surface area contributed by atoms with Crippen molar-refractivity contribution in [2.75, 3.05) is 32.2 Å². The second-order valence-corrected chi connectivity index (χ2v) is 18.5. The summed E-state index contributed by atoms with van der Waals surface area (Å²) in [6, 6.07) is 32.4. The molecule has 19 heteroatoms. The molecule has 408 valence electrons. The highest BCUT2D eigenvalue weighted by molar-refractivity contribution is 6.31. The van der Waals surface area contributed by atoms with E-state index in [1.807, 2.05) is 81.4 Å². The van der Waals surface area contributed by atoms with E-state index in [1.54, 1.807) is 50.2 Å². The van der Waals surface area contributed by atoms with Crippen LogP contribution in [0.3, 0.4) is 0 Å². The first-order chi connectivity index (χ1) is 37.0. The van der Waals surface area contributed by atoms with Crippen molar-refractivity contribution in [2.45, 2.75) is 97.5 Å². The molecule has 0 bridgehead atoms. The van der Waals surface area contributed by atoms with Crippen molar-refractivity contribution in [2.24, 2.45) is 0 Å². The summed E-state index contributed by atoms with van der Waals surface area (Å²) in [7, 11) is 1.24. The molecule has 77 heavy (non-hydrogen) atoms. The quantitative estimate of drug-likeness (QED) is 0.0199. The number of carbonyl (C=O) groups excluding carboxylic acids is 4. The topological polar surface area (TPSA) is 241 Å². The zero-order valence-corrected chi connectivity index (χ0v) is 44.5. The van der Waals surface area contributed by atoms with E-state index in [2.05, 4.69) is 20.9 Å². The SMILES string of the molecule is CC(C)c1[nH]c(-c2ccc(F)cc2)c(-c2ccccc2)c1C(=O)Nc1ccccc1.CCC[C@@H](O)C[C@@H](O)CC(=O)OCc1oc(=O)oc1CNCCOC1=C(C(=O)OCC)C(c2ccccc2Cl)C(C(=O)OC)=C(C)N1. The van der Waals surface area contributed by atoms with Gasteiger partial charge in [-0.05, 0) is 91.8 Å². The fourth-order valence-corrected chi connectivity index (χ4v) is 8.86. The molecule has 17 nitrogen and oxygen atoms in total. The first-order valence-corrected chi connectivity index (χ1v) is 25.5. The molecule has 6 N–H and O–H groups in total. The number of methoxy groups -OCH3 is 1. The normalized spacial score (nSPS) is 14.0. The minimum atomic E-state index is -1.08. The molecule has 6 aromatic rings. The van der Waals surface area contributed by atoms with Gasteiger partial charge in [0.2, 0.25) is 5.88 Å². The number of nitrogens with one attached hydrogen (secondary N) is 4. The van der Waals surface area contributed by atoms with Crippen LogP contribution in [0.5, 0.6) is 0 Å². The van der Waals surface area contributed by atoms with Gasteiger partial charge in [0.15, 0.2) is 18.1 Å². The average molecular weight is 1080 g/mol. The first-order valence-electron chi connectivity index (χ1n) is 25.2. The van der Waals surface area contributed by atoms with Gasteiger partial charge in [0.25, 0.3) is 5.91 Å². The highest BCUT2D eigenvalue weighted by atomic mass is 35.5. The van der Waals surface area contributed by atoms with E-state index in [4.69, 9.17) is 39.4 Å². The second-order valence-electron chi connectivity index (χ2n) is 18.1. The van der Waals surface area contributed by atoms with Gasteiger partial charge in [0, 0.05) is 34.2 Å². The number of dihydropyridines is 1. The Labute approximate surface area is 450 Å². The summed E-state index contributed by atoms with van der Waals surface area (Å²) >= 11 is 6.51. The van der Waals surface area contributed by atoms with Gasteiger partial charge < -0.3 is 58.9 Å². The molecule has 0 spiro atoms. The molecule has 1 aliphatic heterocycles. The van der Waals surface area contributed by atoms with E-state index in [1.165, 1.54) is 19.2 Å². The molecule has 3 heterocycles. The molecular weight excluding hydrogens is 1020 g/mol. The average Bonchev–Trinajstić information content (AvgIpc) is 4.04. The van der Waals surface area contributed by atoms with Crippen LogP contribution in [0.15, 0.2) is 146 Å². The third-order valence-electron chi connectivity index (χ3n) is 12.2. The van der Waals surface area contributed by atoms with Gasteiger partial charge in [-0.3, -0.25) is 9.59 Å². The number of esters is 3. The molecule has 3 atom stereocenters. The van der Waals surface area contributed by atoms with Gasteiger partial charge in [-0.15, -0.1) is 0 Å². The molecule has 0 saturated carbocycles. The monoisotopic (exact) mass is 1080 g/mol. The Kier molecular flexibility index (Phi) is 21.6. The number of carbonyl (C=O) groups is 4. The van der Waals surface area contributed by atoms with Gasteiger partial charge in [0.05, 0.1) is 61.6 Å². The number of amides is 1. The predicted molar refractivity (Wildman–Crippen MR) is 287 cm³/mol. The Bertz CT molecular complexity index is 3080. The molecule has 2 aromatic heterocycles. The number of rotatable bonds is 23. The maximum Gasteiger partial charge on any atom is 0.519 e. The number of aromatic nitrogens is 1. The highest BCUT2D eigenvalue weighted by Gasteiger charge is 2.41. The van der Waals surface area contributed by atoms with E-state index in [0.29, 0.717) is 28.3 Å². The summed E-state index contributed by atoms with van der Waals surface area (Å²) in [6.45, 7) is 9.15. The van der Waals surface area contributed by atoms with E-state index in [-0.39, 0.29) is 85.3 Å². The lowest BCUT2D eigenvalue weighted by Crippen LogP contribution is -2.35. The molecule has 0 aliphatic carbocycles. The minimum Gasteiger partial charge on any atom is -0.477 e. The molecular formula is C58H64ClFN4O13. The Morgan fingerprint density at radius 2 is 1.48 bits per heavy atom. The Morgan fingerprint density at radius 1 is 0.818 bits per heavy atom. The zero-order chi connectivity index (χ0) is 55.6. The summed E-state index contributed by atoms with van der Waals surface area (Å²) in [6.07, 6.45) is -0.852. The number of hydrogen-bond acceptors (Lipinski definition) is 15. The fraction of sp³-hybridized carbons (Fsp3) is 0.328. The van der Waals surface area contributed by atoms with E-state index in [9.17, 15) is 38.6 Å². The second kappa shape index (κ2) is 28.4. The van der Waals surface area contributed by atoms with Crippen molar-refractivity contribution in [1.82, 2.24) is 15.6 Å². The Morgan fingerprint density at radius 3 is 2.13 bits per heavy atom. The minimum absolute atomic E-state index is 0.00129. The van der Waals surface area contributed by atoms with Crippen molar-refractivity contribution in [1.29, 1.82) is 0 Å². The van der Waals surface area contributed by atoms with Gasteiger partial charge in [-0.1, -0.05) is 106 Å². The van der Waals surface area contributed by atoms with Crippen LogP contribution >= 0.6 is 11.6 Å². The van der Waals surface area contributed by atoms with Crippen molar-refractivity contribution in [3.05, 3.63) is 182 Å². The standard InChI is InChI=1S/C32H41ClN2O12.C26H23FN2O/c1-5-9-19(36)14-20(37)15-25(38)45-17-24-23(46-32(41)47-24)16-34-12-13-44-29-28(31(40)43-6-2)27(21-10-7-8-11-22(21)33)26(18(3)35-29)30(39)42-4;1-17(2)24-23(26(30)28-21-11-7-4-8-12-21)22(18-9-5-3-6-10-18)25(29-24)19-13-15-20(27)16-14-19/h7-8,10-11,19-20,27,34-37H,5-6,9,12-17H2,1-4H3;3-17,29H,1-2H3,(H,28,30)/t19-,20-,27?;/m1./s1. The molecule has 1 amide bonds. The number of anilines is 1. The van der Waals surface area contributed by atoms with Gasteiger partial charge in [-0.25, -0.2) is 18.8 Å². The third kappa shape index (κ3) is 15.7. The molecule has 1 unspecified atom stereocenters. The number of aliphatic hydroxyl groups excluding tert-OH is 2. The number of para-hydroxylation sites is 1. The smallest absolute Gasteiger partial charge is 0.477 e. The van der Waals surface area contributed by atoms with Crippen molar-refractivity contribution < 1.29 is 61.6 Å². The number of hydrogen-bond donors (Lipinski definition) is 6. The van der Waals surface area contributed by atoms with Crippen LogP contribution in [-0.2, 0) is 46.5 Å². The van der Waals surface area contributed by atoms with E-state index in [0.717, 1.165) is 40.2 Å². The first kappa shape index (κ1) is 58.5. The van der Waals surface area contributed by atoms with Crippen LogP contribution in [0.2, 0.25) is 5.02 Å². The lowest BCUT2D eigenvalue weighted by molar-refractivity contribution is -0.148. The van der Waals surface area contributed by atoms with Crippen LogP contribution in [0, 0.1) is 5.82 Å². The van der Waals surface area contributed by atoms with Crippen molar-refractivity contribution in [3.63, 3.8) is 0 Å². The van der Waals surface area contributed by atoms with E-state index < -0.39 is 48.5 Å². The molecule has 1 aliphatic rings. The summed E-state index contributed by atoms with van der Waals surface area (Å²) in [5.74, 6) is -4.29. The number of aliphatic hydroxyl groups is 2. The molecule has 0 radical (unpaired) electrons. The predicted octanol–water partition coefficient (Wildman–Crippen LogP) is 9.81. The molecule has 4 aromatic carbocycles. The summed E-state index contributed by atoms with van der Waals surface area (Å²) in [5.41, 5.74) is 6.64. The Balaban J connectivity index is 0.000000274.